The molecule has 0 bridgehead atoms. The largest absolute Gasteiger partial charge is 0.454 e. The second-order valence-electron chi connectivity index (χ2n) is 1.92. The van der Waals surface area contributed by atoms with Crippen LogP contribution in [0.5, 0.6) is 0 Å². The maximum absolute atomic E-state index is 8.45. The van der Waals surface area contributed by atoms with Gasteiger partial charge in [-0.1, -0.05) is 12.7 Å². The van der Waals surface area contributed by atoms with E-state index in [4.69, 9.17) is 14.6 Å². The van der Waals surface area contributed by atoms with Crippen LogP contribution in [0.25, 0.3) is 0 Å². The Labute approximate surface area is 65.2 Å². The molecule has 1 N–H and O–H groups in total. The summed E-state index contributed by atoms with van der Waals surface area (Å²) in [6, 6.07) is 0. The van der Waals surface area contributed by atoms with Crippen LogP contribution >= 0.6 is 0 Å². The van der Waals surface area contributed by atoms with Gasteiger partial charge in [0.2, 0.25) is 6.79 Å². The fourth-order valence-electron chi connectivity index (χ4n) is 0.748. The summed E-state index contributed by atoms with van der Waals surface area (Å²) in [7, 11) is 0. The quantitative estimate of drug-likeness (QED) is 0.657. The van der Waals surface area contributed by atoms with Crippen molar-refractivity contribution >= 4 is 0 Å². The Morgan fingerprint density at radius 1 is 1.45 bits per heavy atom. The van der Waals surface area contributed by atoms with Gasteiger partial charge in [-0.15, -0.1) is 0 Å². The van der Waals surface area contributed by atoms with E-state index in [-0.39, 0.29) is 13.4 Å². The Morgan fingerprint density at radius 3 is 2.82 bits per heavy atom. The maximum atomic E-state index is 8.45. The Bertz CT molecular complexity index is 203. The lowest BCUT2D eigenvalue weighted by Gasteiger charge is -1.90. The summed E-state index contributed by atoms with van der Waals surface area (Å²) in [4.78, 5) is 0. The molecule has 0 amide bonds. The summed E-state index contributed by atoms with van der Waals surface area (Å²) in [6.45, 7) is 3.77. The number of hydrogen-bond donors (Lipinski definition) is 1. The van der Waals surface area contributed by atoms with E-state index in [1.807, 2.05) is 0 Å². The standard InChI is InChI=1S/C8H10O3/c1-2-7-8(4-3-5-9)11-6-10-7/h2-4,9H,1,5-6H2/b4-3-. The van der Waals surface area contributed by atoms with Crippen molar-refractivity contribution in [3.8, 4) is 0 Å². The third kappa shape index (κ3) is 1.85. The number of allylic oxidation sites excluding steroid dienone is 2. The molecule has 60 valence electrons. The normalized spacial score (nSPS) is 16.8. The smallest absolute Gasteiger partial charge is 0.231 e. The third-order valence-electron chi connectivity index (χ3n) is 1.23. The van der Waals surface area contributed by atoms with E-state index < -0.39 is 0 Å². The molecule has 0 spiro atoms. The second kappa shape index (κ2) is 3.83. The first-order chi connectivity index (χ1) is 5.38. The van der Waals surface area contributed by atoms with Crippen LogP contribution in [-0.4, -0.2) is 18.5 Å². The molecule has 0 aromatic heterocycles. The van der Waals surface area contributed by atoms with Gasteiger partial charge in [0.05, 0.1) is 6.61 Å². The van der Waals surface area contributed by atoms with Crippen LogP contribution in [0.3, 0.4) is 0 Å². The first-order valence-electron chi connectivity index (χ1n) is 3.28. The molecule has 0 saturated carbocycles. The lowest BCUT2D eigenvalue weighted by atomic mass is 10.3. The van der Waals surface area contributed by atoms with E-state index in [1.54, 1.807) is 18.2 Å². The van der Waals surface area contributed by atoms with Gasteiger partial charge in [-0.3, -0.25) is 0 Å². The number of aliphatic hydroxyl groups excluding tert-OH is 1. The fraction of sp³-hybridized carbons (Fsp3) is 0.250. The van der Waals surface area contributed by atoms with Gasteiger partial charge in [-0.2, -0.15) is 0 Å². The van der Waals surface area contributed by atoms with Crippen molar-refractivity contribution < 1.29 is 14.6 Å². The molecule has 1 rings (SSSR count). The molecule has 1 aliphatic rings. The number of hydrogen-bond acceptors (Lipinski definition) is 3. The van der Waals surface area contributed by atoms with Gasteiger partial charge in [-0.25, -0.2) is 0 Å². The highest BCUT2D eigenvalue weighted by atomic mass is 16.7. The molecule has 0 saturated heterocycles. The molecule has 0 atom stereocenters. The van der Waals surface area contributed by atoms with Crippen molar-refractivity contribution in [3.05, 3.63) is 36.3 Å². The van der Waals surface area contributed by atoms with E-state index >= 15 is 0 Å². The van der Waals surface area contributed by atoms with Crippen molar-refractivity contribution in [2.45, 2.75) is 0 Å². The van der Waals surface area contributed by atoms with Crippen LogP contribution < -0.4 is 0 Å². The lowest BCUT2D eigenvalue weighted by Crippen LogP contribution is -1.82. The predicted molar refractivity (Wildman–Crippen MR) is 40.5 cm³/mol. The van der Waals surface area contributed by atoms with Crippen LogP contribution in [-0.2, 0) is 9.47 Å². The Balaban J connectivity index is 2.66. The van der Waals surface area contributed by atoms with Crippen LogP contribution in [0, 0.1) is 0 Å². The molecule has 0 aromatic carbocycles. The minimum absolute atomic E-state index is 0.00270. The summed E-state index contributed by atoms with van der Waals surface area (Å²) >= 11 is 0. The van der Waals surface area contributed by atoms with Gasteiger partial charge in [0.25, 0.3) is 0 Å². The topological polar surface area (TPSA) is 38.7 Å². The first kappa shape index (κ1) is 7.88. The number of aliphatic hydroxyl groups is 1. The summed E-state index contributed by atoms with van der Waals surface area (Å²) < 4.78 is 10.1. The Morgan fingerprint density at radius 2 is 2.18 bits per heavy atom. The molecule has 1 aliphatic heterocycles. The highest BCUT2D eigenvalue weighted by Gasteiger charge is 2.10. The van der Waals surface area contributed by atoms with E-state index in [0.717, 1.165) is 0 Å². The van der Waals surface area contributed by atoms with E-state index in [9.17, 15) is 0 Å². The molecule has 0 aliphatic carbocycles. The maximum Gasteiger partial charge on any atom is 0.231 e. The fourth-order valence-corrected chi connectivity index (χ4v) is 0.748. The molecule has 0 aromatic rings. The van der Waals surface area contributed by atoms with Gasteiger partial charge >= 0.3 is 0 Å². The number of rotatable bonds is 3. The molecule has 0 unspecified atom stereocenters. The van der Waals surface area contributed by atoms with Gasteiger partial charge < -0.3 is 14.6 Å². The summed E-state index contributed by atoms with van der Waals surface area (Å²) in [6.07, 6.45) is 4.81. The lowest BCUT2D eigenvalue weighted by molar-refractivity contribution is 0.0777. The Kier molecular flexibility index (Phi) is 2.74. The molecule has 3 nitrogen and oxygen atoms in total. The summed E-state index contributed by atoms with van der Waals surface area (Å²) in [5.41, 5.74) is 0. The zero-order valence-electron chi connectivity index (χ0n) is 6.12. The highest BCUT2D eigenvalue weighted by Crippen LogP contribution is 2.17. The average molecular weight is 154 g/mol. The summed E-state index contributed by atoms with van der Waals surface area (Å²) in [5, 5.41) is 8.45. The van der Waals surface area contributed by atoms with Gasteiger partial charge in [-0.05, 0) is 12.2 Å². The van der Waals surface area contributed by atoms with E-state index in [1.165, 1.54) is 0 Å². The minimum atomic E-state index is -0.00270. The van der Waals surface area contributed by atoms with Crippen molar-refractivity contribution in [1.29, 1.82) is 0 Å². The minimum Gasteiger partial charge on any atom is -0.454 e. The van der Waals surface area contributed by atoms with Crippen molar-refractivity contribution in [1.82, 2.24) is 0 Å². The van der Waals surface area contributed by atoms with Crippen molar-refractivity contribution in [3.63, 3.8) is 0 Å². The molecule has 0 radical (unpaired) electrons. The van der Waals surface area contributed by atoms with Crippen LogP contribution in [0.1, 0.15) is 0 Å². The van der Waals surface area contributed by atoms with Crippen LogP contribution in [0.15, 0.2) is 36.3 Å². The predicted octanol–water partition coefficient (Wildman–Crippen LogP) is 0.937. The third-order valence-corrected chi connectivity index (χ3v) is 1.23. The molecule has 1 heterocycles. The average Bonchev–Trinajstić information content (AvgIpc) is 2.47. The monoisotopic (exact) mass is 154 g/mol. The van der Waals surface area contributed by atoms with Crippen LogP contribution in [0.2, 0.25) is 0 Å². The number of ether oxygens (including phenoxy) is 2. The van der Waals surface area contributed by atoms with Crippen molar-refractivity contribution in [2.75, 3.05) is 13.4 Å². The van der Waals surface area contributed by atoms with E-state index in [2.05, 4.69) is 6.58 Å². The molecule has 11 heavy (non-hydrogen) atoms. The highest BCUT2D eigenvalue weighted by molar-refractivity contribution is 5.24. The SMILES string of the molecule is C=CC1=C(/C=C\CO)OCO1. The second-order valence-corrected chi connectivity index (χ2v) is 1.92. The van der Waals surface area contributed by atoms with Crippen molar-refractivity contribution in [2.24, 2.45) is 0 Å². The molecular weight excluding hydrogens is 144 g/mol. The summed E-state index contributed by atoms with van der Waals surface area (Å²) in [5.74, 6) is 1.24. The van der Waals surface area contributed by atoms with Gasteiger partial charge in [0, 0.05) is 0 Å². The Hall–Kier alpha value is -1.22. The molecule has 3 heteroatoms. The van der Waals surface area contributed by atoms with Gasteiger partial charge in [0.15, 0.2) is 11.5 Å². The zero-order valence-corrected chi connectivity index (χ0v) is 6.12. The van der Waals surface area contributed by atoms with E-state index in [0.29, 0.717) is 11.5 Å². The zero-order chi connectivity index (χ0) is 8.10. The first-order valence-corrected chi connectivity index (χ1v) is 3.28. The van der Waals surface area contributed by atoms with Crippen LogP contribution in [0.4, 0.5) is 0 Å². The molecule has 0 fully saturated rings. The molecular formula is C8H10O3. The van der Waals surface area contributed by atoms with Gasteiger partial charge in [0.1, 0.15) is 0 Å².